The molecule has 0 bridgehead atoms. The molecule has 0 atom stereocenters. The fourth-order valence-corrected chi connectivity index (χ4v) is 2.47. The molecule has 1 amide bonds. The Balaban J connectivity index is 2.00. The molecular formula is C15H24N4O2. The summed E-state index contributed by atoms with van der Waals surface area (Å²) in [6.07, 6.45) is 4.37. The van der Waals surface area contributed by atoms with Gasteiger partial charge in [0, 0.05) is 45.5 Å². The van der Waals surface area contributed by atoms with E-state index in [0.717, 1.165) is 31.7 Å². The lowest BCUT2D eigenvalue weighted by Gasteiger charge is -2.34. The lowest BCUT2D eigenvalue weighted by atomic mass is 10.1. The van der Waals surface area contributed by atoms with Gasteiger partial charge in [-0.05, 0) is 12.5 Å². The topological polar surface area (TPSA) is 68.7 Å². The van der Waals surface area contributed by atoms with Gasteiger partial charge >= 0.3 is 0 Å². The second kappa shape index (κ2) is 7.95. The molecule has 2 rings (SSSR count). The molecule has 1 aliphatic heterocycles. The molecule has 2 heterocycles. The zero-order valence-corrected chi connectivity index (χ0v) is 12.6. The van der Waals surface area contributed by atoms with Gasteiger partial charge in [0.2, 0.25) is 0 Å². The first kappa shape index (κ1) is 15.7. The molecule has 6 nitrogen and oxygen atoms in total. The number of anilines is 1. The average molecular weight is 292 g/mol. The van der Waals surface area contributed by atoms with Crippen LogP contribution >= 0.6 is 0 Å². The van der Waals surface area contributed by atoms with Crippen molar-refractivity contribution in [1.29, 1.82) is 0 Å². The van der Waals surface area contributed by atoms with Crippen LogP contribution in [0.25, 0.3) is 0 Å². The van der Waals surface area contributed by atoms with E-state index in [1.165, 1.54) is 0 Å². The molecular weight excluding hydrogens is 268 g/mol. The van der Waals surface area contributed by atoms with E-state index in [9.17, 15) is 4.79 Å². The fourth-order valence-electron chi connectivity index (χ4n) is 2.47. The van der Waals surface area contributed by atoms with Crippen LogP contribution < -0.4 is 5.32 Å². The van der Waals surface area contributed by atoms with E-state index in [0.29, 0.717) is 25.2 Å². The summed E-state index contributed by atoms with van der Waals surface area (Å²) in [5.41, 5.74) is 1.50. The summed E-state index contributed by atoms with van der Waals surface area (Å²) in [6, 6.07) is 1.78. The Hall–Kier alpha value is -1.66. The van der Waals surface area contributed by atoms with Gasteiger partial charge in [-0.3, -0.25) is 14.7 Å². The molecule has 0 saturated carbocycles. The minimum atomic E-state index is 0.0552. The summed E-state index contributed by atoms with van der Waals surface area (Å²) in [4.78, 5) is 20.8. The first-order valence-electron chi connectivity index (χ1n) is 7.56. The predicted molar refractivity (Wildman–Crippen MR) is 82.4 cm³/mol. The Kier molecular flexibility index (Phi) is 5.95. The monoisotopic (exact) mass is 292 g/mol. The number of hydrogen-bond acceptors (Lipinski definition) is 5. The van der Waals surface area contributed by atoms with Crippen molar-refractivity contribution < 1.29 is 9.90 Å². The molecule has 6 heteroatoms. The van der Waals surface area contributed by atoms with Gasteiger partial charge in [0.25, 0.3) is 5.91 Å². The standard InChI is InChI=1S/C15H24N4O2/c1-2-4-17-14-12-16-5-3-13(14)15(21)19-8-6-18(7-9-19)10-11-20/h3,5,12,17,20H,2,4,6-11H2,1H3. The molecule has 1 aromatic rings. The van der Waals surface area contributed by atoms with Gasteiger partial charge in [-0.15, -0.1) is 0 Å². The van der Waals surface area contributed by atoms with Crippen LogP contribution in [0.5, 0.6) is 0 Å². The van der Waals surface area contributed by atoms with E-state index in [-0.39, 0.29) is 12.5 Å². The number of aliphatic hydroxyl groups excluding tert-OH is 1. The molecule has 0 radical (unpaired) electrons. The van der Waals surface area contributed by atoms with E-state index >= 15 is 0 Å². The zero-order valence-electron chi connectivity index (χ0n) is 12.6. The molecule has 2 N–H and O–H groups in total. The summed E-state index contributed by atoms with van der Waals surface area (Å²) in [5, 5.41) is 12.2. The first-order chi connectivity index (χ1) is 10.3. The van der Waals surface area contributed by atoms with Gasteiger partial charge in [-0.1, -0.05) is 6.92 Å². The summed E-state index contributed by atoms with van der Waals surface area (Å²) < 4.78 is 0. The highest BCUT2D eigenvalue weighted by Gasteiger charge is 2.23. The molecule has 1 aromatic heterocycles. The van der Waals surface area contributed by atoms with E-state index in [1.54, 1.807) is 18.5 Å². The van der Waals surface area contributed by atoms with Crippen molar-refractivity contribution in [3.63, 3.8) is 0 Å². The average Bonchev–Trinajstić information content (AvgIpc) is 2.53. The number of pyridine rings is 1. The van der Waals surface area contributed by atoms with Crippen LogP contribution in [0.2, 0.25) is 0 Å². The van der Waals surface area contributed by atoms with Crippen LogP contribution in [0, 0.1) is 0 Å². The number of β-amino-alcohol motifs (C(OH)–C–C–N with tert-alkyl or cyclic N) is 1. The number of nitrogens with zero attached hydrogens (tertiary/aromatic N) is 3. The molecule has 0 aliphatic carbocycles. The molecule has 1 aliphatic rings. The third-order valence-corrected chi connectivity index (χ3v) is 3.69. The lowest BCUT2D eigenvalue weighted by Crippen LogP contribution is -2.49. The predicted octanol–water partition coefficient (Wildman–Crippen LogP) is 0.654. The van der Waals surface area contributed by atoms with Crippen molar-refractivity contribution in [2.45, 2.75) is 13.3 Å². The molecule has 116 valence electrons. The molecule has 0 spiro atoms. The van der Waals surface area contributed by atoms with Crippen molar-refractivity contribution in [2.75, 3.05) is 51.2 Å². The lowest BCUT2D eigenvalue weighted by molar-refractivity contribution is 0.0616. The Morgan fingerprint density at radius 3 is 2.81 bits per heavy atom. The second-order valence-electron chi connectivity index (χ2n) is 5.21. The maximum absolute atomic E-state index is 12.6. The van der Waals surface area contributed by atoms with Crippen LogP contribution in [-0.2, 0) is 0 Å². The molecule has 21 heavy (non-hydrogen) atoms. The quantitative estimate of drug-likeness (QED) is 0.806. The minimum absolute atomic E-state index is 0.0552. The third kappa shape index (κ3) is 4.15. The highest BCUT2D eigenvalue weighted by molar-refractivity contribution is 5.99. The van der Waals surface area contributed by atoms with Gasteiger partial charge in [0.1, 0.15) is 0 Å². The number of nitrogens with one attached hydrogen (secondary N) is 1. The highest BCUT2D eigenvalue weighted by atomic mass is 16.3. The Bertz CT molecular complexity index is 459. The summed E-state index contributed by atoms with van der Waals surface area (Å²) >= 11 is 0. The van der Waals surface area contributed by atoms with Crippen LogP contribution in [0.15, 0.2) is 18.5 Å². The fraction of sp³-hybridized carbons (Fsp3) is 0.600. The van der Waals surface area contributed by atoms with E-state index < -0.39 is 0 Å². The maximum Gasteiger partial charge on any atom is 0.256 e. The van der Waals surface area contributed by atoms with Gasteiger partial charge in [0.05, 0.1) is 24.1 Å². The minimum Gasteiger partial charge on any atom is -0.395 e. The van der Waals surface area contributed by atoms with Crippen LogP contribution in [-0.4, -0.2) is 71.7 Å². The Morgan fingerprint density at radius 1 is 1.38 bits per heavy atom. The number of amides is 1. The molecule has 1 saturated heterocycles. The highest BCUT2D eigenvalue weighted by Crippen LogP contribution is 2.17. The Labute approximate surface area is 125 Å². The molecule has 0 aromatic carbocycles. The van der Waals surface area contributed by atoms with Crippen LogP contribution in [0.1, 0.15) is 23.7 Å². The first-order valence-corrected chi connectivity index (χ1v) is 7.56. The Morgan fingerprint density at radius 2 is 2.14 bits per heavy atom. The number of piperazine rings is 1. The van der Waals surface area contributed by atoms with Crippen LogP contribution in [0.4, 0.5) is 5.69 Å². The number of carbonyl (C=O) groups is 1. The van der Waals surface area contributed by atoms with Crippen molar-refractivity contribution in [2.24, 2.45) is 0 Å². The number of hydrogen-bond donors (Lipinski definition) is 2. The largest absolute Gasteiger partial charge is 0.395 e. The SMILES string of the molecule is CCCNc1cnccc1C(=O)N1CCN(CCO)CC1. The van der Waals surface area contributed by atoms with Crippen molar-refractivity contribution in [3.8, 4) is 0 Å². The normalized spacial score (nSPS) is 16.0. The molecule has 1 fully saturated rings. The van der Waals surface area contributed by atoms with E-state index in [1.807, 2.05) is 4.90 Å². The number of aromatic nitrogens is 1. The van der Waals surface area contributed by atoms with Crippen molar-refractivity contribution in [1.82, 2.24) is 14.8 Å². The van der Waals surface area contributed by atoms with Gasteiger partial charge < -0.3 is 15.3 Å². The van der Waals surface area contributed by atoms with Gasteiger partial charge in [-0.2, -0.15) is 0 Å². The maximum atomic E-state index is 12.6. The van der Waals surface area contributed by atoms with Crippen molar-refractivity contribution in [3.05, 3.63) is 24.0 Å². The van der Waals surface area contributed by atoms with Gasteiger partial charge in [-0.25, -0.2) is 0 Å². The zero-order chi connectivity index (χ0) is 15.1. The van der Waals surface area contributed by atoms with Crippen molar-refractivity contribution >= 4 is 11.6 Å². The van der Waals surface area contributed by atoms with E-state index in [4.69, 9.17) is 5.11 Å². The third-order valence-electron chi connectivity index (χ3n) is 3.69. The van der Waals surface area contributed by atoms with Gasteiger partial charge in [0.15, 0.2) is 0 Å². The second-order valence-corrected chi connectivity index (χ2v) is 5.21. The van der Waals surface area contributed by atoms with E-state index in [2.05, 4.69) is 22.1 Å². The molecule has 0 unspecified atom stereocenters. The number of carbonyl (C=O) groups excluding carboxylic acids is 1. The summed E-state index contributed by atoms with van der Waals surface area (Å²) in [7, 11) is 0. The van der Waals surface area contributed by atoms with Crippen LogP contribution in [0.3, 0.4) is 0 Å². The number of aliphatic hydroxyl groups is 1. The number of rotatable bonds is 6. The summed E-state index contributed by atoms with van der Waals surface area (Å²) in [6.45, 7) is 6.80. The smallest absolute Gasteiger partial charge is 0.256 e. The summed E-state index contributed by atoms with van der Waals surface area (Å²) in [5.74, 6) is 0.0552.